The molecule has 1 aromatic carbocycles. The number of epoxide rings is 1. The summed E-state index contributed by atoms with van der Waals surface area (Å²) in [5.41, 5.74) is 16.4. The van der Waals surface area contributed by atoms with Crippen LogP contribution in [0.4, 0.5) is 11.6 Å². The van der Waals surface area contributed by atoms with Crippen LogP contribution < -0.4 is 21.6 Å². The Kier molecular flexibility index (Phi) is 7.86. The third-order valence-electron chi connectivity index (χ3n) is 11.3. The Balaban J connectivity index is 0.921. The zero-order chi connectivity index (χ0) is 37.5. The first-order chi connectivity index (χ1) is 25.9. The highest BCUT2D eigenvalue weighted by Gasteiger charge is 2.64. The van der Waals surface area contributed by atoms with E-state index in [4.69, 9.17) is 30.1 Å². The average Bonchev–Trinajstić information content (AvgIpc) is 3.38. The summed E-state index contributed by atoms with van der Waals surface area (Å²) in [5.74, 6) is 0.610. The quantitative estimate of drug-likeness (QED) is 0.164. The number of rotatable bonds is 6. The van der Waals surface area contributed by atoms with Gasteiger partial charge < -0.3 is 40.1 Å². The Morgan fingerprint density at radius 2 is 1.87 bits per heavy atom. The summed E-state index contributed by atoms with van der Waals surface area (Å²) < 4.78 is 24.8. The van der Waals surface area contributed by atoms with Crippen LogP contribution in [0, 0.1) is 6.92 Å². The van der Waals surface area contributed by atoms with E-state index in [9.17, 15) is 14.7 Å². The van der Waals surface area contributed by atoms with Crippen LogP contribution in [0.3, 0.4) is 0 Å². The van der Waals surface area contributed by atoms with Crippen LogP contribution >= 0.6 is 0 Å². The van der Waals surface area contributed by atoms with Crippen molar-refractivity contribution in [3.05, 3.63) is 92.7 Å². The molecule has 4 atom stereocenters. The minimum Gasteiger partial charge on any atom is -0.507 e. The highest BCUT2D eigenvalue weighted by Crippen LogP contribution is 2.53. The van der Waals surface area contributed by atoms with Gasteiger partial charge in [-0.05, 0) is 88.8 Å². The van der Waals surface area contributed by atoms with Gasteiger partial charge in [0.2, 0.25) is 0 Å². The Morgan fingerprint density at radius 3 is 2.70 bits per heavy atom. The summed E-state index contributed by atoms with van der Waals surface area (Å²) >= 11 is 0. The molecule has 4 aromatic rings. The molecule has 3 aromatic heterocycles. The van der Waals surface area contributed by atoms with Crippen molar-refractivity contribution < 1.29 is 28.5 Å². The second-order valence-electron chi connectivity index (χ2n) is 15.6. The van der Waals surface area contributed by atoms with Gasteiger partial charge in [0.05, 0.1) is 29.7 Å². The van der Waals surface area contributed by atoms with E-state index in [-0.39, 0.29) is 28.3 Å². The van der Waals surface area contributed by atoms with Crippen LogP contribution in [0.25, 0.3) is 22.2 Å². The van der Waals surface area contributed by atoms with Crippen LogP contribution in [-0.2, 0) is 27.2 Å². The lowest BCUT2D eigenvalue weighted by atomic mass is 9.77. The summed E-state index contributed by atoms with van der Waals surface area (Å²) in [5, 5.41) is 11.6. The molecule has 2 fully saturated rings. The molecular formula is C41H42N6O7. The second kappa shape index (κ2) is 12.4. The largest absolute Gasteiger partial charge is 0.507 e. The smallest absolute Gasteiger partial charge is 0.341 e. The monoisotopic (exact) mass is 730 g/mol. The van der Waals surface area contributed by atoms with Gasteiger partial charge in [-0.2, -0.15) is 0 Å². The molecule has 54 heavy (non-hydrogen) atoms. The number of benzene rings is 1. The first kappa shape index (κ1) is 34.1. The number of nitrogens with two attached hydrogens (primary N) is 2. The lowest BCUT2D eigenvalue weighted by Gasteiger charge is -2.44. The number of esters is 1. The highest BCUT2D eigenvalue weighted by molar-refractivity contribution is 5.88. The number of aromatic hydroxyl groups is 1. The van der Waals surface area contributed by atoms with Gasteiger partial charge in [0.15, 0.2) is 11.0 Å². The summed E-state index contributed by atoms with van der Waals surface area (Å²) in [7, 11) is 0. The summed E-state index contributed by atoms with van der Waals surface area (Å²) in [6.07, 6.45) is 8.58. The minimum absolute atomic E-state index is 0.0953. The number of hydrogen-bond donors (Lipinski definition) is 3. The Labute approximate surface area is 311 Å². The highest BCUT2D eigenvalue weighted by atomic mass is 16.7. The molecule has 0 radical (unpaired) electrons. The van der Waals surface area contributed by atoms with Gasteiger partial charge in [-0.1, -0.05) is 6.42 Å². The van der Waals surface area contributed by atoms with E-state index in [0.29, 0.717) is 66.6 Å². The van der Waals surface area contributed by atoms with Crippen LogP contribution in [-0.4, -0.2) is 62.1 Å². The van der Waals surface area contributed by atoms with Gasteiger partial charge in [0.25, 0.3) is 0 Å². The van der Waals surface area contributed by atoms with Gasteiger partial charge in [-0.3, -0.25) is 9.79 Å². The number of phenolic OH excluding ortho intramolecular Hbond substituents is 1. The molecule has 0 aliphatic carbocycles. The molecule has 13 heteroatoms. The molecule has 0 amide bonds. The van der Waals surface area contributed by atoms with Gasteiger partial charge >= 0.3 is 5.97 Å². The molecule has 5 aliphatic heterocycles. The molecule has 0 saturated carbocycles. The van der Waals surface area contributed by atoms with E-state index in [0.717, 1.165) is 41.9 Å². The number of anilines is 2. The fraction of sp³-hybridized carbons (Fsp3) is 0.390. The van der Waals surface area contributed by atoms with E-state index in [2.05, 4.69) is 19.9 Å². The van der Waals surface area contributed by atoms with E-state index < -0.39 is 29.2 Å². The van der Waals surface area contributed by atoms with Crippen LogP contribution in [0.15, 0.2) is 74.1 Å². The number of carbonyl (C=O) groups excluding carboxylic acids is 1. The molecular weight excluding hydrogens is 688 g/mol. The van der Waals surface area contributed by atoms with Gasteiger partial charge in [-0.15, -0.1) is 0 Å². The van der Waals surface area contributed by atoms with Crippen molar-refractivity contribution in [2.24, 2.45) is 4.99 Å². The van der Waals surface area contributed by atoms with Crippen molar-refractivity contribution in [2.75, 3.05) is 18.0 Å². The number of fused-ring (bicyclic) bond motifs is 5. The summed E-state index contributed by atoms with van der Waals surface area (Å²) in [4.78, 5) is 42.8. The maximum Gasteiger partial charge on any atom is 0.341 e. The third-order valence-corrected chi connectivity index (χ3v) is 11.3. The molecule has 0 bridgehead atoms. The van der Waals surface area contributed by atoms with Crippen LogP contribution in [0.5, 0.6) is 11.5 Å². The van der Waals surface area contributed by atoms with Crippen molar-refractivity contribution in [2.45, 2.75) is 95.2 Å². The minimum atomic E-state index is -1.07. The summed E-state index contributed by atoms with van der Waals surface area (Å²) in [6.45, 7) is 6.77. The van der Waals surface area contributed by atoms with Crippen molar-refractivity contribution in [3.8, 4) is 22.8 Å². The molecule has 5 aliphatic rings. The number of aryl methyl sites for hydroxylation is 2. The predicted octanol–water partition coefficient (Wildman–Crippen LogP) is 5.61. The zero-order valence-corrected chi connectivity index (χ0v) is 30.4. The number of pyridine rings is 2. The fourth-order valence-electron chi connectivity index (χ4n) is 8.75. The number of aromatic nitrogens is 2. The SMILES string of the molecule is Cc1cc(=O)c2c(O)c3c(cc2o1)OC(C)(C)C1OC(=O)C2(CCCCC31)OC2CCc1cc(N)nc(-c2cc(N)nc(CN3C=C4N=CC=C4C3)c2)c1. The molecule has 278 valence electrons. The van der Waals surface area contributed by atoms with E-state index in [1.54, 1.807) is 19.1 Å². The maximum atomic E-state index is 14.1. The van der Waals surface area contributed by atoms with E-state index >= 15 is 0 Å². The zero-order valence-electron chi connectivity index (χ0n) is 30.4. The third kappa shape index (κ3) is 5.87. The number of allylic oxidation sites excluding steroid dienone is 1. The standard InChI is InChI=1S/C41H42N6O7/c1-21-12-29(48)36-30(51-21)17-31-35(37(36)49)26-6-4-5-10-41(39(50)52-38(26)40(2,3)53-31)32(54-41)8-7-22-13-27(46-33(42)14-22)24-15-25(45-34(43)16-24)19-47-18-23-9-11-44-28(23)20-47/h9,11-17,20,26,32,38,49H,4-8,10,18-19H2,1-3H3,(H2,42,46)(H2,43,45). The first-order valence-electron chi connectivity index (χ1n) is 18.5. The number of aliphatic imine (C=N–C) groups is 1. The van der Waals surface area contributed by atoms with E-state index in [1.165, 1.54) is 11.6 Å². The predicted molar refractivity (Wildman–Crippen MR) is 202 cm³/mol. The number of carbonyl (C=O) groups is 1. The van der Waals surface area contributed by atoms with Crippen molar-refractivity contribution >= 4 is 34.8 Å². The first-order valence-corrected chi connectivity index (χ1v) is 18.5. The second-order valence-corrected chi connectivity index (χ2v) is 15.6. The molecule has 4 unspecified atom stereocenters. The van der Waals surface area contributed by atoms with Crippen LogP contribution in [0.2, 0.25) is 0 Å². The number of phenols is 1. The number of ether oxygens (including phenoxy) is 3. The number of nitrogen functional groups attached to an aromatic ring is 2. The number of nitrogens with zero attached hydrogens (tertiary/aromatic N) is 4. The molecule has 13 nitrogen and oxygen atoms in total. The maximum absolute atomic E-state index is 14.1. The van der Waals surface area contributed by atoms with Crippen molar-refractivity contribution in [1.29, 1.82) is 0 Å². The molecule has 2 saturated heterocycles. The molecule has 8 heterocycles. The normalized spacial score (nSPS) is 25.1. The van der Waals surface area contributed by atoms with Gasteiger partial charge in [0, 0.05) is 53.7 Å². The fourth-order valence-corrected chi connectivity index (χ4v) is 8.75. The van der Waals surface area contributed by atoms with E-state index in [1.807, 2.05) is 50.5 Å². The van der Waals surface area contributed by atoms with Crippen molar-refractivity contribution in [3.63, 3.8) is 0 Å². The lowest BCUT2D eigenvalue weighted by Crippen LogP contribution is -2.52. The molecule has 9 rings (SSSR count). The Morgan fingerprint density at radius 1 is 1.04 bits per heavy atom. The topological polar surface area (TPSA) is 192 Å². The van der Waals surface area contributed by atoms with Gasteiger partial charge in [-0.25, -0.2) is 14.8 Å². The summed E-state index contributed by atoms with van der Waals surface area (Å²) in [6, 6.07) is 10.6. The molecule has 1 spiro atoms. The van der Waals surface area contributed by atoms with Gasteiger partial charge in [0.1, 0.15) is 51.6 Å². The van der Waals surface area contributed by atoms with Crippen LogP contribution in [0.1, 0.15) is 74.5 Å². The van der Waals surface area contributed by atoms with Crippen molar-refractivity contribution in [1.82, 2.24) is 14.9 Å². The lowest BCUT2D eigenvalue weighted by molar-refractivity contribution is -0.170. The Hall–Kier alpha value is -5.69. The number of hydrogen-bond acceptors (Lipinski definition) is 13. The Bertz CT molecular complexity index is 2400. The molecule has 5 N–H and O–H groups in total. The average molecular weight is 731 g/mol.